The lowest BCUT2D eigenvalue weighted by Crippen LogP contribution is -1.97. The quantitative estimate of drug-likeness (QED) is 0.707. The minimum absolute atomic E-state index is 0.833. The molecular weight excluding hydrogens is 152 g/mol. The fraction of sp³-hybridized carbons (Fsp3) is 0.250. The van der Waals surface area contributed by atoms with Crippen molar-refractivity contribution in [1.29, 1.82) is 0 Å². The molecule has 2 heterocycles. The minimum atomic E-state index is 0.833. The van der Waals surface area contributed by atoms with Gasteiger partial charge in [0.2, 0.25) is 0 Å². The lowest BCUT2D eigenvalue weighted by Gasteiger charge is -1.97. The maximum Gasteiger partial charge on any atom is 0.112 e. The molecule has 12 heavy (non-hydrogen) atoms. The Morgan fingerprint density at radius 1 is 1.58 bits per heavy atom. The van der Waals surface area contributed by atoms with E-state index in [4.69, 9.17) is 0 Å². The van der Waals surface area contributed by atoms with Crippen molar-refractivity contribution in [2.75, 3.05) is 0 Å². The molecule has 2 aromatic heterocycles. The van der Waals surface area contributed by atoms with Crippen LogP contribution in [0.5, 0.6) is 0 Å². The largest absolute Gasteiger partial charge is 0.338 e. The average molecular weight is 162 g/mol. The third-order valence-electron chi connectivity index (χ3n) is 1.84. The number of hydrogen-bond acceptors (Lipinski definition) is 2. The molecule has 0 amide bonds. The molecule has 0 spiro atoms. The summed E-state index contributed by atoms with van der Waals surface area (Å²) < 4.78 is 2.01. The van der Waals surface area contributed by atoms with E-state index >= 15 is 0 Å². The van der Waals surface area contributed by atoms with Gasteiger partial charge >= 0.3 is 0 Å². The monoisotopic (exact) mass is 162 g/mol. The van der Waals surface area contributed by atoms with Gasteiger partial charge in [-0.3, -0.25) is 5.10 Å². The molecule has 0 aliphatic heterocycles. The van der Waals surface area contributed by atoms with E-state index in [0.717, 1.165) is 17.8 Å². The van der Waals surface area contributed by atoms with Gasteiger partial charge in [-0.2, -0.15) is 5.10 Å². The van der Waals surface area contributed by atoms with E-state index in [0.29, 0.717) is 0 Å². The van der Waals surface area contributed by atoms with E-state index in [1.54, 1.807) is 6.20 Å². The summed E-state index contributed by atoms with van der Waals surface area (Å²) in [6.45, 7) is 0. The highest BCUT2D eigenvalue weighted by atomic mass is 15.1. The third-order valence-corrected chi connectivity index (χ3v) is 1.84. The Morgan fingerprint density at radius 2 is 2.50 bits per heavy atom. The summed E-state index contributed by atoms with van der Waals surface area (Å²) >= 11 is 0. The number of aromatic nitrogens is 4. The first-order chi connectivity index (χ1) is 5.86. The molecule has 0 fully saturated rings. The van der Waals surface area contributed by atoms with Gasteiger partial charge in [0.15, 0.2) is 0 Å². The zero-order valence-corrected chi connectivity index (χ0v) is 6.86. The number of imidazole rings is 1. The van der Waals surface area contributed by atoms with Gasteiger partial charge in [-0.25, -0.2) is 4.98 Å². The van der Waals surface area contributed by atoms with Crippen LogP contribution in [0.3, 0.4) is 0 Å². The molecule has 0 aromatic carbocycles. The van der Waals surface area contributed by atoms with Gasteiger partial charge in [0.25, 0.3) is 0 Å². The lowest BCUT2D eigenvalue weighted by atomic mass is 10.2. The van der Waals surface area contributed by atoms with Crippen LogP contribution in [0.2, 0.25) is 0 Å². The van der Waals surface area contributed by atoms with Crippen molar-refractivity contribution in [3.63, 3.8) is 0 Å². The number of nitrogens with one attached hydrogen (secondary N) is 1. The Morgan fingerprint density at radius 3 is 3.08 bits per heavy atom. The normalized spacial score (nSPS) is 10.4. The topological polar surface area (TPSA) is 46.5 Å². The number of rotatable bonds is 2. The molecule has 62 valence electrons. The summed E-state index contributed by atoms with van der Waals surface area (Å²) in [5, 5.41) is 6.64. The summed E-state index contributed by atoms with van der Waals surface area (Å²) in [6, 6.07) is 0. The molecule has 0 aliphatic carbocycles. The van der Waals surface area contributed by atoms with Crippen molar-refractivity contribution < 1.29 is 0 Å². The molecule has 1 N–H and O–H groups in total. The summed E-state index contributed by atoms with van der Waals surface area (Å²) in [7, 11) is 1.99. The summed E-state index contributed by atoms with van der Waals surface area (Å²) in [4.78, 5) is 4.21. The molecule has 0 saturated carbocycles. The zero-order valence-electron chi connectivity index (χ0n) is 6.86. The zero-order chi connectivity index (χ0) is 8.39. The molecule has 0 atom stereocenters. The standard InChI is InChI=1S/C8H10N4/c1-12-3-2-9-8(12)4-7-5-10-11-6-7/h2-3,5-6H,4H2,1H3,(H,10,11). The van der Waals surface area contributed by atoms with Crippen LogP contribution in [0.25, 0.3) is 0 Å². The van der Waals surface area contributed by atoms with Crippen LogP contribution in [0.4, 0.5) is 0 Å². The first-order valence-electron chi connectivity index (χ1n) is 3.80. The van der Waals surface area contributed by atoms with Gasteiger partial charge in [0, 0.05) is 32.1 Å². The van der Waals surface area contributed by atoms with Crippen molar-refractivity contribution in [1.82, 2.24) is 19.7 Å². The van der Waals surface area contributed by atoms with Crippen molar-refractivity contribution in [3.05, 3.63) is 36.2 Å². The van der Waals surface area contributed by atoms with Gasteiger partial charge in [-0.05, 0) is 5.56 Å². The van der Waals surface area contributed by atoms with Crippen molar-refractivity contribution in [2.24, 2.45) is 7.05 Å². The average Bonchev–Trinajstić information content (AvgIpc) is 2.65. The van der Waals surface area contributed by atoms with Crippen LogP contribution < -0.4 is 0 Å². The minimum Gasteiger partial charge on any atom is -0.338 e. The molecule has 0 bridgehead atoms. The highest BCUT2D eigenvalue weighted by Crippen LogP contribution is 2.03. The van der Waals surface area contributed by atoms with Gasteiger partial charge < -0.3 is 4.57 Å². The predicted octanol–water partition coefficient (Wildman–Crippen LogP) is 0.734. The molecular formula is C8H10N4. The van der Waals surface area contributed by atoms with E-state index in [9.17, 15) is 0 Å². The Bertz CT molecular complexity index is 347. The summed E-state index contributed by atoms with van der Waals surface area (Å²) in [5.41, 5.74) is 1.16. The Hall–Kier alpha value is -1.58. The Kier molecular flexibility index (Phi) is 1.66. The SMILES string of the molecule is Cn1ccnc1Cc1cn[nH]c1. The van der Waals surface area contributed by atoms with Crippen LogP contribution in [-0.2, 0) is 13.5 Å². The summed E-state index contributed by atoms with van der Waals surface area (Å²) in [6.07, 6.45) is 8.27. The lowest BCUT2D eigenvalue weighted by molar-refractivity contribution is 0.822. The number of H-pyrrole nitrogens is 1. The van der Waals surface area contributed by atoms with E-state index in [-0.39, 0.29) is 0 Å². The first kappa shape index (κ1) is 7.09. The van der Waals surface area contributed by atoms with Crippen LogP contribution in [0.1, 0.15) is 11.4 Å². The van der Waals surface area contributed by atoms with Gasteiger partial charge in [0.05, 0.1) is 6.20 Å². The fourth-order valence-corrected chi connectivity index (χ4v) is 1.12. The second-order valence-corrected chi connectivity index (χ2v) is 2.74. The molecule has 4 heteroatoms. The second kappa shape index (κ2) is 2.81. The molecule has 0 saturated heterocycles. The molecule has 4 nitrogen and oxygen atoms in total. The molecule has 0 unspecified atom stereocenters. The highest BCUT2D eigenvalue weighted by Gasteiger charge is 2.00. The smallest absolute Gasteiger partial charge is 0.112 e. The maximum atomic E-state index is 4.21. The van der Waals surface area contributed by atoms with Gasteiger partial charge in [-0.15, -0.1) is 0 Å². The van der Waals surface area contributed by atoms with Crippen LogP contribution >= 0.6 is 0 Å². The van der Waals surface area contributed by atoms with Crippen molar-refractivity contribution >= 4 is 0 Å². The molecule has 2 rings (SSSR count). The highest BCUT2D eigenvalue weighted by molar-refractivity contribution is 5.11. The fourth-order valence-electron chi connectivity index (χ4n) is 1.12. The van der Waals surface area contributed by atoms with Crippen LogP contribution in [-0.4, -0.2) is 19.7 Å². The van der Waals surface area contributed by atoms with Crippen molar-refractivity contribution in [3.8, 4) is 0 Å². The Labute approximate surface area is 70.3 Å². The first-order valence-corrected chi connectivity index (χ1v) is 3.80. The third kappa shape index (κ3) is 1.23. The summed E-state index contributed by atoms with van der Waals surface area (Å²) in [5.74, 6) is 1.05. The predicted molar refractivity (Wildman–Crippen MR) is 44.6 cm³/mol. The van der Waals surface area contributed by atoms with E-state index < -0.39 is 0 Å². The maximum absolute atomic E-state index is 4.21. The molecule has 0 aliphatic rings. The number of nitrogens with zero attached hydrogens (tertiary/aromatic N) is 3. The van der Waals surface area contributed by atoms with Gasteiger partial charge in [-0.1, -0.05) is 0 Å². The molecule has 2 aromatic rings. The van der Waals surface area contributed by atoms with E-state index in [2.05, 4.69) is 15.2 Å². The molecule has 0 radical (unpaired) electrons. The van der Waals surface area contributed by atoms with Crippen LogP contribution in [0.15, 0.2) is 24.8 Å². The van der Waals surface area contributed by atoms with E-state index in [1.807, 2.05) is 30.2 Å². The Balaban J connectivity index is 2.20. The van der Waals surface area contributed by atoms with Gasteiger partial charge in [0.1, 0.15) is 5.82 Å². The number of aryl methyl sites for hydroxylation is 1. The second-order valence-electron chi connectivity index (χ2n) is 2.74. The van der Waals surface area contributed by atoms with E-state index in [1.165, 1.54) is 0 Å². The number of aromatic amines is 1. The van der Waals surface area contributed by atoms with Crippen LogP contribution in [0, 0.1) is 0 Å². The van der Waals surface area contributed by atoms with Crippen molar-refractivity contribution in [2.45, 2.75) is 6.42 Å². The number of hydrogen-bond donors (Lipinski definition) is 1.